The van der Waals surface area contributed by atoms with E-state index in [4.69, 9.17) is 17.3 Å². The lowest BCUT2D eigenvalue weighted by atomic mass is 9.73. The highest BCUT2D eigenvalue weighted by Crippen LogP contribution is 2.51. The molecule has 1 saturated heterocycles. The summed E-state index contributed by atoms with van der Waals surface area (Å²) in [6, 6.07) is 11.8. The van der Waals surface area contributed by atoms with E-state index in [-0.39, 0.29) is 17.3 Å². The Morgan fingerprint density at radius 3 is 2.70 bits per heavy atom. The van der Waals surface area contributed by atoms with Gasteiger partial charge in [-0.05, 0) is 54.4 Å². The Kier molecular flexibility index (Phi) is 4.71. The van der Waals surface area contributed by atoms with Crippen molar-refractivity contribution >= 4 is 22.9 Å². The molecule has 6 rings (SSSR count). The van der Waals surface area contributed by atoms with Crippen molar-refractivity contribution < 1.29 is 4.39 Å². The van der Waals surface area contributed by atoms with Crippen LogP contribution in [0.1, 0.15) is 35.6 Å². The molecular weight excluding hydrogens is 437 g/mol. The molecule has 4 aromatic rings. The fourth-order valence-electron chi connectivity index (χ4n) is 5.67. The molecule has 0 unspecified atom stereocenters. The molecular formula is C26H25ClFN5. The molecule has 1 atom stereocenters. The minimum atomic E-state index is -0.383. The topological polar surface area (TPSA) is 59.5 Å². The van der Waals surface area contributed by atoms with Gasteiger partial charge >= 0.3 is 0 Å². The zero-order valence-electron chi connectivity index (χ0n) is 18.4. The Labute approximate surface area is 197 Å². The molecule has 1 aliphatic carbocycles. The third-order valence-corrected chi connectivity index (χ3v) is 8.08. The van der Waals surface area contributed by atoms with E-state index >= 15 is 0 Å². The fraction of sp³-hybridized carbons (Fsp3) is 0.308. The van der Waals surface area contributed by atoms with E-state index in [0.717, 1.165) is 49.2 Å². The molecule has 2 aliphatic rings. The molecule has 1 fully saturated rings. The van der Waals surface area contributed by atoms with Crippen LogP contribution >= 0.6 is 11.6 Å². The molecule has 0 saturated carbocycles. The number of imidazole rings is 1. The second kappa shape index (κ2) is 7.54. The van der Waals surface area contributed by atoms with Crippen LogP contribution in [0.25, 0.3) is 16.9 Å². The van der Waals surface area contributed by atoms with Crippen molar-refractivity contribution in [3.05, 3.63) is 82.5 Å². The zero-order valence-corrected chi connectivity index (χ0v) is 19.2. The predicted molar refractivity (Wildman–Crippen MR) is 129 cm³/mol. The van der Waals surface area contributed by atoms with Crippen molar-refractivity contribution in [2.24, 2.45) is 11.1 Å². The molecule has 33 heavy (non-hydrogen) atoms. The number of benzene rings is 2. The Balaban J connectivity index is 1.32. The monoisotopic (exact) mass is 461 g/mol. The van der Waals surface area contributed by atoms with Gasteiger partial charge in [0, 0.05) is 31.5 Å². The van der Waals surface area contributed by atoms with Gasteiger partial charge in [-0.15, -0.1) is 0 Å². The number of piperidine rings is 1. The van der Waals surface area contributed by atoms with Crippen molar-refractivity contribution in [1.29, 1.82) is 0 Å². The van der Waals surface area contributed by atoms with Crippen molar-refractivity contribution in [2.75, 3.05) is 18.0 Å². The van der Waals surface area contributed by atoms with Crippen molar-refractivity contribution in [1.82, 2.24) is 14.4 Å². The smallest absolute Gasteiger partial charge is 0.154 e. The molecule has 1 aliphatic heterocycles. The number of hydrogen-bond acceptors (Lipinski definition) is 4. The van der Waals surface area contributed by atoms with Crippen molar-refractivity contribution in [3.63, 3.8) is 0 Å². The SMILES string of the molecule is Cc1ccc(F)c(-c2ncc3c(N4CCC5(CC4)Cc4ccccc4[C@H]5N)nccn23)c1Cl. The van der Waals surface area contributed by atoms with Crippen molar-refractivity contribution in [3.8, 4) is 11.4 Å². The van der Waals surface area contributed by atoms with Gasteiger partial charge < -0.3 is 10.6 Å². The molecule has 168 valence electrons. The van der Waals surface area contributed by atoms with E-state index in [1.54, 1.807) is 18.5 Å². The van der Waals surface area contributed by atoms with Crippen LogP contribution in [0.4, 0.5) is 10.2 Å². The van der Waals surface area contributed by atoms with E-state index < -0.39 is 0 Å². The molecule has 7 heteroatoms. The maximum absolute atomic E-state index is 14.7. The summed E-state index contributed by atoms with van der Waals surface area (Å²) < 4.78 is 16.6. The Hall–Kier alpha value is -2.96. The number of hydrogen-bond donors (Lipinski definition) is 1. The number of nitrogens with zero attached hydrogens (tertiary/aromatic N) is 4. The van der Waals surface area contributed by atoms with Gasteiger partial charge in [-0.2, -0.15) is 0 Å². The highest BCUT2D eigenvalue weighted by atomic mass is 35.5. The summed E-state index contributed by atoms with van der Waals surface area (Å²) in [6.07, 6.45) is 8.37. The fourth-order valence-corrected chi connectivity index (χ4v) is 5.91. The summed E-state index contributed by atoms with van der Waals surface area (Å²) in [5, 5.41) is 0.385. The largest absolute Gasteiger partial charge is 0.355 e. The number of halogens is 2. The van der Waals surface area contributed by atoms with E-state index in [9.17, 15) is 4.39 Å². The lowest BCUT2D eigenvalue weighted by Gasteiger charge is -2.42. The quantitative estimate of drug-likeness (QED) is 0.437. The van der Waals surface area contributed by atoms with Crippen LogP contribution < -0.4 is 10.6 Å². The Bertz CT molecular complexity index is 1370. The van der Waals surface area contributed by atoms with Crippen LogP contribution in [0.3, 0.4) is 0 Å². The second-order valence-electron chi connectivity index (χ2n) is 9.34. The lowest BCUT2D eigenvalue weighted by molar-refractivity contribution is 0.187. The van der Waals surface area contributed by atoms with Gasteiger partial charge in [-0.25, -0.2) is 14.4 Å². The third kappa shape index (κ3) is 3.08. The van der Waals surface area contributed by atoms with Gasteiger partial charge in [0.25, 0.3) is 0 Å². The number of anilines is 1. The van der Waals surface area contributed by atoms with E-state index in [1.165, 1.54) is 17.2 Å². The molecule has 2 aromatic heterocycles. The van der Waals surface area contributed by atoms with Crippen LogP contribution in [-0.4, -0.2) is 27.5 Å². The highest BCUT2D eigenvalue weighted by Gasteiger charge is 2.46. The van der Waals surface area contributed by atoms with Gasteiger partial charge in [0.15, 0.2) is 5.82 Å². The molecule has 5 nitrogen and oxygen atoms in total. The second-order valence-corrected chi connectivity index (χ2v) is 9.72. The first-order valence-electron chi connectivity index (χ1n) is 11.3. The minimum absolute atomic E-state index is 0.0765. The average molecular weight is 462 g/mol. The molecule has 0 amide bonds. The van der Waals surface area contributed by atoms with Crippen LogP contribution in [0, 0.1) is 18.2 Å². The standard InChI is InChI=1S/C26H25ClFN5/c1-16-6-7-19(28)21(22(16)27)25-31-15-20-24(30-10-13-33(20)25)32-11-8-26(9-12-32)14-17-4-2-3-5-18(17)23(26)29/h2-7,10,13,15,23H,8-9,11-12,14,29H2,1H3/t23-/m1/s1. The van der Waals surface area contributed by atoms with Crippen LogP contribution in [0.15, 0.2) is 55.0 Å². The van der Waals surface area contributed by atoms with Gasteiger partial charge in [0.05, 0.1) is 16.8 Å². The first-order valence-corrected chi connectivity index (χ1v) is 11.7. The summed E-state index contributed by atoms with van der Waals surface area (Å²) in [5.74, 6) is 0.965. The number of nitrogens with two attached hydrogens (primary N) is 1. The van der Waals surface area contributed by atoms with E-state index in [2.05, 4.69) is 39.1 Å². The van der Waals surface area contributed by atoms with Gasteiger partial charge in [-0.3, -0.25) is 4.40 Å². The average Bonchev–Trinajstić information content (AvgIpc) is 3.37. The number of fused-ring (bicyclic) bond motifs is 2. The zero-order chi connectivity index (χ0) is 22.7. The maximum atomic E-state index is 14.7. The van der Waals surface area contributed by atoms with Crippen molar-refractivity contribution in [2.45, 2.75) is 32.2 Å². The summed E-state index contributed by atoms with van der Waals surface area (Å²) in [6.45, 7) is 3.60. The summed E-state index contributed by atoms with van der Waals surface area (Å²) in [5.41, 5.74) is 11.5. The van der Waals surface area contributed by atoms with E-state index in [1.807, 2.05) is 17.5 Å². The number of rotatable bonds is 2. The highest BCUT2D eigenvalue weighted by molar-refractivity contribution is 6.34. The molecule has 2 aromatic carbocycles. The van der Waals surface area contributed by atoms with Crippen LogP contribution in [0.5, 0.6) is 0 Å². The number of aromatic nitrogens is 3. The van der Waals surface area contributed by atoms with E-state index in [0.29, 0.717) is 16.4 Å². The molecule has 3 heterocycles. The maximum Gasteiger partial charge on any atom is 0.154 e. The molecule has 0 radical (unpaired) electrons. The molecule has 1 spiro atoms. The first kappa shape index (κ1) is 20.6. The van der Waals surface area contributed by atoms with Crippen LogP contribution in [-0.2, 0) is 6.42 Å². The lowest BCUT2D eigenvalue weighted by Crippen LogP contribution is -2.44. The normalized spacial score (nSPS) is 19.4. The molecule has 0 bridgehead atoms. The Morgan fingerprint density at radius 1 is 1.12 bits per heavy atom. The third-order valence-electron chi connectivity index (χ3n) is 7.60. The Morgan fingerprint density at radius 2 is 1.91 bits per heavy atom. The minimum Gasteiger partial charge on any atom is -0.355 e. The number of aryl methyl sites for hydroxylation is 1. The first-order chi connectivity index (χ1) is 16.0. The summed E-state index contributed by atoms with van der Waals surface area (Å²) >= 11 is 6.47. The van der Waals surface area contributed by atoms with Gasteiger partial charge in [0.2, 0.25) is 0 Å². The van der Waals surface area contributed by atoms with Gasteiger partial charge in [0.1, 0.15) is 17.2 Å². The van der Waals surface area contributed by atoms with Crippen LogP contribution in [0.2, 0.25) is 5.02 Å². The summed E-state index contributed by atoms with van der Waals surface area (Å²) in [7, 11) is 0. The molecule has 2 N–H and O–H groups in total. The van der Waals surface area contributed by atoms with Gasteiger partial charge in [-0.1, -0.05) is 41.9 Å². The predicted octanol–water partition coefficient (Wildman–Crippen LogP) is 5.34. The summed E-state index contributed by atoms with van der Waals surface area (Å²) in [4.78, 5) is 11.5.